The van der Waals surface area contributed by atoms with Gasteiger partial charge in [-0.25, -0.2) is 0 Å². The van der Waals surface area contributed by atoms with E-state index in [4.69, 9.17) is 0 Å². The Morgan fingerprint density at radius 1 is 1.17 bits per heavy atom. The van der Waals surface area contributed by atoms with E-state index in [1.807, 2.05) is 25.1 Å². The number of hydrogen-bond acceptors (Lipinski definition) is 4. The molecule has 0 saturated carbocycles. The molecule has 3 aromatic rings. The molecule has 0 radical (unpaired) electrons. The summed E-state index contributed by atoms with van der Waals surface area (Å²) in [5.74, 6) is -0.197. The predicted octanol–water partition coefficient (Wildman–Crippen LogP) is 2.82. The monoisotopic (exact) mass is 340 g/mol. The molecular weight excluding hydrogens is 324 g/mol. The van der Waals surface area contributed by atoms with Gasteiger partial charge in [0.25, 0.3) is 5.91 Å². The largest absolute Gasteiger partial charge is 0.343 e. The second kappa shape index (κ2) is 7.10. The number of hydrogen-bond donors (Lipinski definition) is 3. The van der Waals surface area contributed by atoms with Crippen LogP contribution in [0.4, 0.5) is 5.82 Å². The maximum atomic E-state index is 11.9. The molecule has 0 spiro atoms. The third-order valence-corrected chi connectivity index (χ3v) is 4.33. The Labute approximate surface area is 142 Å². The van der Waals surface area contributed by atoms with E-state index in [-0.39, 0.29) is 18.4 Å². The van der Waals surface area contributed by atoms with E-state index in [9.17, 15) is 9.59 Å². The number of benzene rings is 1. The van der Waals surface area contributed by atoms with Crippen molar-refractivity contribution in [2.75, 3.05) is 11.9 Å². The summed E-state index contributed by atoms with van der Waals surface area (Å²) in [5.41, 5.74) is 1.36. The molecule has 2 aromatic heterocycles. The molecule has 3 rings (SSSR count). The van der Waals surface area contributed by atoms with Gasteiger partial charge in [0.05, 0.1) is 17.1 Å². The van der Waals surface area contributed by atoms with Gasteiger partial charge in [-0.15, -0.1) is 11.3 Å². The Morgan fingerprint density at radius 2 is 1.96 bits per heavy atom. The fraction of sp³-hybridized carbons (Fsp3) is 0.118. The van der Waals surface area contributed by atoms with Crippen molar-refractivity contribution in [1.29, 1.82) is 0 Å². The standard InChI is InChI=1S/C17H16N4O2S/c1-11-7-8-14(24-11)13-9-15(21-20-13)19-16(22)10-18-17(23)12-5-3-2-4-6-12/h2-9H,10H2,1H3,(H,18,23)(H2,19,20,21,22). The number of carbonyl (C=O) groups excluding carboxylic acids is 2. The lowest BCUT2D eigenvalue weighted by Gasteiger charge is -2.04. The van der Waals surface area contributed by atoms with E-state index in [1.54, 1.807) is 41.7 Å². The number of nitrogens with one attached hydrogen (secondary N) is 3. The van der Waals surface area contributed by atoms with Gasteiger partial charge in [0, 0.05) is 16.5 Å². The smallest absolute Gasteiger partial charge is 0.251 e. The van der Waals surface area contributed by atoms with Crippen LogP contribution in [0.15, 0.2) is 48.5 Å². The Balaban J connectivity index is 1.54. The molecule has 0 saturated heterocycles. The van der Waals surface area contributed by atoms with E-state index in [0.29, 0.717) is 11.4 Å². The Hall–Kier alpha value is -2.93. The fourth-order valence-electron chi connectivity index (χ4n) is 2.13. The van der Waals surface area contributed by atoms with Crippen molar-refractivity contribution in [3.63, 3.8) is 0 Å². The van der Waals surface area contributed by atoms with E-state index in [1.165, 1.54) is 4.88 Å². The average molecular weight is 340 g/mol. The molecule has 2 amide bonds. The van der Waals surface area contributed by atoms with Crippen LogP contribution < -0.4 is 10.6 Å². The number of rotatable bonds is 5. The van der Waals surface area contributed by atoms with Crippen molar-refractivity contribution >= 4 is 29.0 Å². The molecule has 0 bridgehead atoms. The quantitative estimate of drug-likeness (QED) is 0.667. The number of H-pyrrole nitrogens is 1. The average Bonchev–Trinajstić information content (AvgIpc) is 3.22. The number of aromatic nitrogens is 2. The van der Waals surface area contributed by atoms with Crippen molar-refractivity contribution in [2.24, 2.45) is 0 Å². The molecule has 2 heterocycles. The summed E-state index contributed by atoms with van der Waals surface area (Å²) in [6.07, 6.45) is 0. The van der Waals surface area contributed by atoms with Gasteiger partial charge in [-0.1, -0.05) is 18.2 Å². The van der Waals surface area contributed by atoms with Gasteiger partial charge in [0.2, 0.25) is 5.91 Å². The highest BCUT2D eigenvalue weighted by atomic mass is 32.1. The van der Waals surface area contributed by atoms with Crippen LogP contribution in [0.2, 0.25) is 0 Å². The van der Waals surface area contributed by atoms with E-state index in [2.05, 4.69) is 20.8 Å². The fourth-order valence-corrected chi connectivity index (χ4v) is 2.96. The summed E-state index contributed by atoms with van der Waals surface area (Å²) >= 11 is 1.64. The zero-order chi connectivity index (χ0) is 16.9. The van der Waals surface area contributed by atoms with Gasteiger partial charge in [0.1, 0.15) is 0 Å². The number of amides is 2. The second-order valence-electron chi connectivity index (χ2n) is 5.17. The molecule has 1 aromatic carbocycles. The van der Waals surface area contributed by atoms with Crippen LogP contribution in [0.25, 0.3) is 10.6 Å². The van der Waals surface area contributed by atoms with E-state index in [0.717, 1.165) is 10.6 Å². The molecule has 122 valence electrons. The molecule has 0 aliphatic heterocycles. The lowest BCUT2D eigenvalue weighted by Crippen LogP contribution is -2.32. The van der Waals surface area contributed by atoms with Crippen LogP contribution in [0, 0.1) is 6.92 Å². The lowest BCUT2D eigenvalue weighted by molar-refractivity contribution is -0.115. The van der Waals surface area contributed by atoms with Gasteiger partial charge in [-0.2, -0.15) is 5.10 Å². The lowest BCUT2D eigenvalue weighted by atomic mass is 10.2. The molecule has 0 aliphatic carbocycles. The van der Waals surface area contributed by atoms with Crippen LogP contribution in [0.1, 0.15) is 15.2 Å². The van der Waals surface area contributed by atoms with E-state index >= 15 is 0 Å². The topological polar surface area (TPSA) is 86.9 Å². The summed E-state index contributed by atoms with van der Waals surface area (Å²) in [6.45, 7) is 1.91. The summed E-state index contributed by atoms with van der Waals surface area (Å²) in [7, 11) is 0. The maximum absolute atomic E-state index is 11.9. The van der Waals surface area contributed by atoms with Gasteiger partial charge < -0.3 is 10.6 Å². The SMILES string of the molecule is Cc1ccc(-c2cc(NC(=O)CNC(=O)c3ccccc3)n[nH]2)s1. The molecule has 0 unspecified atom stereocenters. The highest BCUT2D eigenvalue weighted by molar-refractivity contribution is 7.15. The number of thiophene rings is 1. The molecule has 0 fully saturated rings. The Kier molecular flexibility index (Phi) is 4.72. The van der Waals surface area contributed by atoms with Gasteiger partial charge in [0.15, 0.2) is 5.82 Å². The highest BCUT2D eigenvalue weighted by Crippen LogP contribution is 2.27. The van der Waals surface area contributed by atoms with Gasteiger partial charge in [-0.05, 0) is 31.2 Å². The normalized spacial score (nSPS) is 10.4. The van der Waals surface area contributed by atoms with Gasteiger partial charge in [-0.3, -0.25) is 14.7 Å². The first-order valence-electron chi connectivity index (χ1n) is 7.37. The zero-order valence-electron chi connectivity index (χ0n) is 13.0. The molecule has 24 heavy (non-hydrogen) atoms. The summed E-state index contributed by atoms with van der Waals surface area (Å²) in [6, 6.07) is 14.5. The molecule has 7 heteroatoms. The minimum absolute atomic E-state index is 0.117. The maximum Gasteiger partial charge on any atom is 0.251 e. The minimum atomic E-state index is -0.334. The summed E-state index contributed by atoms with van der Waals surface area (Å²) in [4.78, 5) is 26.1. The number of aromatic amines is 1. The molecule has 6 nitrogen and oxygen atoms in total. The Morgan fingerprint density at radius 3 is 2.67 bits per heavy atom. The second-order valence-corrected chi connectivity index (χ2v) is 6.46. The van der Waals surface area contributed by atoms with Crippen LogP contribution in [-0.4, -0.2) is 28.6 Å². The van der Waals surface area contributed by atoms with E-state index < -0.39 is 0 Å². The zero-order valence-corrected chi connectivity index (χ0v) is 13.8. The van der Waals surface area contributed by atoms with Crippen LogP contribution in [-0.2, 0) is 4.79 Å². The predicted molar refractivity (Wildman–Crippen MR) is 94.0 cm³/mol. The van der Waals surface area contributed by atoms with Crippen LogP contribution >= 0.6 is 11.3 Å². The number of anilines is 1. The highest BCUT2D eigenvalue weighted by Gasteiger charge is 2.10. The molecule has 0 aliphatic rings. The first-order chi connectivity index (χ1) is 11.6. The van der Waals surface area contributed by atoms with Crippen LogP contribution in [0.3, 0.4) is 0 Å². The van der Waals surface area contributed by atoms with Crippen molar-refractivity contribution < 1.29 is 9.59 Å². The number of nitrogens with zero attached hydrogens (tertiary/aromatic N) is 1. The third kappa shape index (κ3) is 3.88. The minimum Gasteiger partial charge on any atom is -0.343 e. The molecule has 0 atom stereocenters. The Bertz CT molecular complexity index is 854. The molecule has 3 N–H and O–H groups in total. The first kappa shape index (κ1) is 15.9. The van der Waals surface area contributed by atoms with Crippen molar-refractivity contribution in [1.82, 2.24) is 15.5 Å². The summed E-state index contributed by atoms with van der Waals surface area (Å²) in [5, 5.41) is 12.2. The van der Waals surface area contributed by atoms with Crippen LogP contribution in [0.5, 0.6) is 0 Å². The first-order valence-corrected chi connectivity index (χ1v) is 8.19. The van der Waals surface area contributed by atoms with Crippen molar-refractivity contribution in [2.45, 2.75) is 6.92 Å². The van der Waals surface area contributed by atoms with Crippen molar-refractivity contribution in [3.05, 3.63) is 59.0 Å². The molecular formula is C17H16N4O2S. The van der Waals surface area contributed by atoms with Crippen molar-refractivity contribution in [3.8, 4) is 10.6 Å². The van der Waals surface area contributed by atoms with Gasteiger partial charge >= 0.3 is 0 Å². The number of carbonyl (C=O) groups is 2. The third-order valence-electron chi connectivity index (χ3n) is 3.30. The summed E-state index contributed by atoms with van der Waals surface area (Å²) < 4.78 is 0. The number of aryl methyl sites for hydroxylation is 1.